The molecule has 3 nitrogen and oxygen atoms in total. The Hall–Kier alpha value is -1.61. The van der Waals surface area contributed by atoms with Crippen LogP contribution in [0.15, 0.2) is 48.8 Å². The van der Waals surface area contributed by atoms with Gasteiger partial charge in [0.25, 0.3) is 0 Å². The summed E-state index contributed by atoms with van der Waals surface area (Å²) in [6.07, 6.45) is 4.88. The van der Waals surface area contributed by atoms with Gasteiger partial charge in [-0.2, -0.15) is 5.10 Å². The lowest BCUT2D eigenvalue weighted by molar-refractivity contribution is 0.556. The highest BCUT2D eigenvalue weighted by Gasteiger charge is 1.92. The van der Waals surface area contributed by atoms with Crippen LogP contribution in [0.2, 0.25) is 0 Å². The molecule has 1 heterocycles. The van der Waals surface area contributed by atoms with Crippen LogP contribution in [0.1, 0.15) is 5.56 Å². The summed E-state index contributed by atoms with van der Waals surface area (Å²) in [5, 5.41) is 7.56. The molecule has 1 N–H and O–H groups in total. The molecule has 0 bridgehead atoms. The number of aromatic nitrogens is 2. The zero-order valence-corrected chi connectivity index (χ0v) is 9.34. The Bertz CT molecular complexity index is 381. The van der Waals surface area contributed by atoms with Gasteiger partial charge in [0.05, 0.1) is 6.54 Å². The molecule has 0 unspecified atom stereocenters. The third-order valence-electron chi connectivity index (χ3n) is 2.51. The maximum atomic E-state index is 4.15. The SMILES string of the molecule is c1ccc(CCNCCn2cccn2)cc1. The summed E-state index contributed by atoms with van der Waals surface area (Å²) in [4.78, 5) is 0. The van der Waals surface area contributed by atoms with Crippen LogP contribution in [0.3, 0.4) is 0 Å². The van der Waals surface area contributed by atoms with Gasteiger partial charge in [0.15, 0.2) is 0 Å². The van der Waals surface area contributed by atoms with Gasteiger partial charge in [-0.25, -0.2) is 0 Å². The molecule has 84 valence electrons. The Morgan fingerprint density at radius 3 is 2.69 bits per heavy atom. The summed E-state index contributed by atoms with van der Waals surface area (Å²) in [5.74, 6) is 0. The van der Waals surface area contributed by atoms with Gasteiger partial charge >= 0.3 is 0 Å². The van der Waals surface area contributed by atoms with Crippen molar-refractivity contribution in [1.82, 2.24) is 15.1 Å². The largest absolute Gasteiger partial charge is 0.315 e. The predicted molar refractivity (Wildman–Crippen MR) is 65.2 cm³/mol. The van der Waals surface area contributed by atoms with Crippen LogP contribution in [0.25, 0.3) is 0 Å². The van der Waals surface area contributed by atoms with E-state index in [0.29, 0.717) is 0 Å². The Morgan fingerprint density at radius 1 is 1.06 bits per heavy atom. The van der Waals surface area contributed by atoms with Crippen molar-refractivity contribution in [2.24, 2.45) is 0 Å². The van der Waals surface area contributed by atoms with E-state index in [2.05, 4.69) is 40.7 Å². The molecule has 3 heteroatoms. The third-order valence-corrected chi connectivity index (χ3v) is 2.51. The standard InChI is InChI=1S/C13H17N3/c1-2-5-13(6-3-1)7-9-14-10-12-16-11-4-8-15-16/h1-6,8,11,14H,7,9-10,12H2. The second-order valence-electron chi connectivity index (χ2n) is 3.75. The van der Waals surface area contributed by atoms with Crippen molar-refractivity contribution in [1.29, 1.82) is 0 Å². The van der Waals surface area contributed by atoms with Crippen molar-refractivity contribution >= 4 is 0 Å². The van der Waals surface area contributed by atoms with Gasteiger partial charge in [0.2, 0.25) is 0 Å². The molecule has 0 atom stereocenters. The van der Waals surface area contributed by atoms with Crippen molar-refractivity contribution in [2.75, 3.05) is 13.1 Å². The van der Waals surface area contributed by atoms with Crippen LogP contribution in [0, 0.1) is 0 Å². The summed E-state index contributed by atoms with van der Waals surface area (Å²) in [7, 11) is 0. The van der Waals surface area contributed by atoms with Gasteiger partial charge < -0.3 is 5.32 Å². The fraction of sp³-hybridized carbons (Fsp3) is 0.308. The molecule has 1 aromatic carbocycles. The van der Waals surface area contributed by atoms with E-state index in [-0.39, 0.29) is 0 Å². The van der Waals surface area contributed by atoms with E-state index < -0.39 is 0 Å². The summed E-state index contributed by atoms with van der Waals surface area (Å²) in [5.41, 5.74) is 1.38. The molecule has 0 fully saturated rings. The molecule has 0 aliphatic rings. The minimum Gasteiger partial charge on any atom is -0.315 e. The Balaban J connectivity index is 1.59. The van der Waals surface area contributed by atoms with E-state index in [1.54, 1.807) is 0 Å². The van der Waals surface area contributed by atoms with Crippen molar-refractivity contribution in [3.05, 3.63) is 54.4 Å². The van der Waals surface area contributed by atoms with Crippen LogP contribution in [0.4, 0.5) is 0 Å². The van der Waals surface area contributed by atoms with Gasteiger partial charge in [0, 0.05) is 18.9 Å². The number of benzene rings is 1. The highest BCUT2D eigenvalue weighted by atomic mass is 15.3. The minimum atomic E-state index is 0.932. The molecular formula is C13H17N3. The van der Waals surface area contributed by atoms with Crippen molar-refractivity contribution in [3.8, 4) is 0 Å². The van der Waals surface area contributed by atoms with E-state index in [1.165, 1.54) is 5.56 Å². The molecule has 0 radical (unpaired) electrons. The van der Waals surface area contributed by atoms with Gasteiger partial charge in [-0.1, -0.05) is 30.3 Å². The second kappa shape index (κ2) is 6.08. The molecule has 0 aliphatic carbocycles. The lowest BCUT2D eigenvalue weighted by Gasteiger charge is -2.05. The third kappa shape index (κ3) is 3.51. The number of nitrogens with one attached hydrogen (secondary N) is 1. The Labute approximate surface area is 96.1 Å². The number of nitrogens with zero attached hydrogens (tertiary/aromatic N) is 2. The highest BCUT2D eigenvalue weighted by molar-refractivity contribution is 5.14. The van der Waals surface area contributed by atoms with E-state index in [9.17, 15) is 0 Å². The van der Waals surface area contributed by atoms with Crippen molar-refractivity contribution in [3.63, 3.8) is 0 Å². The predicted octanol–water partition coefficient (Wildman–Crippen LogP) is 1.72. The van der Waals surface area contributed by atoms with Crippen LogP contribution < -0.4 is 5.32 Å². The topological polar surface area (TPSA) is 29.9 Å². The quantitative estimate of drug-likeness (QED) is 0.743. The Kier molecular flexibility index (Phi) is 4.14. The molecule has 0 spiro atoms. The van der Waals surface area contributed by atoms with E-state index in [4.69, 9.17) is 0 Å². The molecule has 2 aromatic rings. The first kappa shape index (κ1) is 10.9. The van der Waals surface area contributed by atoms with Crippen LogP contribution in [-0.4, -0.2) is 22.9 Å². The molecule has 16 heavy (non-hydrogen) atoms. The minimum absolute atomic E-state index is 0.932. The molecule has 0 saturated heterocycles. The Morgan fingerprint density at radius 2 is 1.94 bits per heavy atom. The summed E-state index contributed by atoms with van der Waals surface area (Å²) in [6, 6.07) is 12.5. The van der Waals surface area contributed by atoms with Crippen molar-refractivity contribution < 1.29 is 0 Å². The van der Waals surface area contributed by atoms with Gasteiger partial charge in [0.1, 0.15) is 0 Å². The fourth-order valence-corrected chi connectivity index (χ4v) is 1.63. The maximum Gasteiger partial charge on any atom is 0.0533 e. The average molecular weight is 215 g/mol. The zero-order valence-electron chi connectivity index (χ0n) is 9.34. The lowest BCUT2D eigenvalue weighted by Crippen LogP contribution is -2.22. The van der Waals surface area contributed by atoms with E-state index in [0.717, 1.165) is 26.1 Å². The summed E-state index contributed by atoms with van der Waals surface area (Å²) in [6.45, 7) is 2.92. The first-order valence-corrected chi connectivity index (χ1v) is 5.67. The lowest BCUT2D eigenvalue weighted by atomic mass is 10.1. The zero-order chi connectivity index (χ0) is 11.1. The van der Waals surface area contributed by atoms with Crippen LogP contribution in [0.5, 0.6) is 0 Å². The molecule has 1 aromatic heterocycles. The smallest absolute Gasteiger partial charge is 0.0533 e. The number of hydrogen-bond acceptors (Lipinski definition) is 2. The van der Waals surface area contributed by atoms with Crippen LogP contribution >= 0.6 is 0 Å². The van der Waals surface area contributed by atoms with E-state index in [1.807, 2.05) is 23.1 Å². The number of hydrogen-bond donors (Lipinski definition) is 1. The highest BCUT2D eigenvalue weighted by Crippen LogP contribution is 1.97. The average Bonchev–Trinajstić information content (AvgIpc) is 2.83. The molecule has 2 rings (SSSR count). The molecule has 0 aliphatic heterocycles. The molecule has 0 amide bonds. The van der Waals surface area contributed by atoms with Gasteiger partial charge in [-0.05, 0) is 24.6 Å². The van der Waals surface area contributed by atoms with Crippen LogP contribution in [-0.2, 0) is 13.0 Å². The maximum absolute atomic E-state index is 4.15. The molecular weight excluding hydrogens is 198 g/mol. The molecule has 0 saturated carbocycles. The summed E-state index contributed by atoms with van der Waals surface area (Å²) < 4.78 is 1.94. The number of rotatable bonds is 6. The van der Waals surface area contributed by atoms with Gasteiger partial charge in [-0.3, -0.25) is 4.68 Å². The first-order valence-electron chi connectivity index (χ1n) is 5.67. The fourth-order valence-electron chi connectivity index (χ4n) is 1.63. The van der Waals surface area contributed by atoms with Crippen molar-refractivity contribution in [2.45, 2.75) is 13.0 Å². The normalized spacial score (nSPS) is 10.5. The summed E-state index contributed by atoms with van der Waals surface area (Å²) >= 11 is 0. The van der Waals surface area contributed by atoms with E-state index >= 15 is 0 Å². The first-order chi connectivity index (χ1) is 7.95. The monoisotopic (exact) mass is 215 g/mol. The second-order valence-corrected chi connectivity index (χ2v) is 3.75. The van der Waals surface area contributed by atoms with Gasteiger partial charge in [-0.15, -0.1) is 0 Å².